The molecule has 8 nitrogen and oxygen atoms in total. The molecule has 1 saturated carbocycles. The molecule has 2 amide bonds. The van der Waals surface area contributed by atoms with Gasteiger partial charge < -0.3 is 20.5 Å². The molecule has 35 heavy (non-hydrogen) atoms. The van der Waals surface area contributed by atoms with Crippen LogP contribution in [-0.2, 0) is 4.79 Å². The highest BCUT2D eigenvalue weighted by Crippen LogP contribution is 2.29. The Hall–Kier alpha value is -1.93. The Morgan fingerprint density at radius 2 is 1.83 bits per heavy atom. The van der Waals surface area contributed by atoms with Gasteiger partial charge in [-0.15, -0.1) is 0 Å². The fourth-order valence-corrected chi connectivity index (χ4v) is 5.86. The maximum atomic E-state index is 13.6. The summed E-state index contributed by atoms with van der Waals surface area (Å²) in [7, 11) is 0. The van der Waals surface area contributed by atoms with Crippen molar-refractivity contribution in [1.82, 2.24) is 20.3 Å². The van der Waals surface area contributed by atoms with Gasteiger partial charge in [0.05, 0.1) is 0 Å². The first-order chi connectivity index (χ1) is 16.7. The summed E-state index contributed by atoms with van der Waals surface area (Å²) >= 11 is 0. The lowest BCUT2D eigenvalue weighted by atomic mass is 9.81. The summed E-state index contributed by atoms with van der Waals surface area (Å²) < 4.78 is 5.15. The number of nitrogens with one attached hydrogen (secondary N) is 1. The summed E-state index contributed by atoms with van der Waals surface area (Å²) in [4.78, 5) is 31.2. The van der Waals surface area contributed by atoms with Crippen molar-refractivity contribution in [3.8, 4) is 0 Å². The van der Waals surface area contributed by atoms with E-state index in [0.29, 0.717) is 48.9 Å². The zero-order valence-electron chi connectivity index (χ0n) is 22.5. The van der Waals surface area contributed by atoms with Gasteiger partial charge in [0.2, 0.25) is 5.91 Å². The van der Waals surface area contributed by atoms with Crippen molar-refractivity contribution in [2.75, 3.05) is 32.7 Å². The number of rotatable bonds is 10. The number of hydrogen-bond donors (Lipinski definition) is 2. The van der Waals surface area contributed by atoms with E-state index in [4.69, 9.17) is 10.3 Å². The number of nitrogens with zero attached hydrogens (tertiary/aromatic N) is 3. The largest absolute Gasteiger partial charge is 0.361 e. The molecule has 1 aromatic rings. The molecule has 3 N–H and O–H groups in total. The van der Waals surface area contributed by atoms with Crippen LogP contribution in [0.4, 0.5) is 0 Å². The summed E-state index contributed by atoms with van der Waals surface area (Å²) in [5, 5.41) is 7.15. The number of hydrogen-bond acceptors (Lipinski definition) is 6. The van der Waals surface area contributed by atoms with Crippen LogP contribution < -0.4 is 11.1 Å². The molecule has 198 valence electrons. The summed E-state index contributed by atoms with van der Waals surface area (Å²) in [5.74, 6) is 2.42. The van der Waals surface area contributed by atoms with Crippen molar-refractivity contribution in [1.29, 1.82) is 0 Å². The second kappa shape index (κ2) is 12.9. The Morgan fingerprint density at radius 3 is 2.43 bits per heavy atom. The highest BCUT2D eigenvalue weighted by molar-refractivity contribution is 5.96. The molecule has 2 heterocycles. The number of aromatic nitrogens is 1. The lowest BCUT2D eigenvalue weighted by Gasteiger charge is -2.43. The smallest absolute Gasteiger partial charge is 0.276 e. The monoisotopic (exact) mass is 489 g/mol. The lowest BCUT2D eigenvalue weighted by molar-refractivity contribution is -0.128. The molecule has 8 heteroatoms. The number of nitrogens with two attached hydrogens (primary N) is 1. The summed E-state index contributed by atoms with van der Waals surface area (Å²) in [5.41, 5.74) is 6.19. The van der Waals surface area contributed by atoms with E-state index in [1.165, 1.54) is 12.8 Å². The SMILES string of the molecule is Cc1cc(C(=O)N2CCC(N(CC(C)C)CC(C)C)C[C@@H]2C(=O)NCC2CCCC(CN)C2)no1. The molecule has 3 unspecified atom stereocenters. The summed E-state index contributed by atoms with van der Waals surface area (Å²) in [6, 6.07) is 1.42. The highest BCUT2D eigenvalue weighted by atomic mass is 16.5. The van der Waals surface area contributed by atoms with Gasteiger partial charge in [-0.2, -0.15) is 0 Å². The van der Waals surface area contributed by atoms with Gasteiger partial charge in [0.1, 0.15) is 11.8 Å². The average molecular weight is 490 g/mol. The van der Waals surface area contributed by atoms with Gasteiger partial charge in [0.15, 0.2) is 5.69 Å². The number of likely N-dealkylation sites (tertiary alicyclic amines) is 1. The number of piperidine rings is 1. The van der Waals surface area contributed by atoms with Crippen LogP contribution >= 0.6 is 0 Å². The average Bonchev–Trinajstić information content (AvgIpc) is 3.27. The molecule has 2 aliphatic rings. The molecule has 0 aromatic carbocycles. The molecule has 1 aliphatic carbocycles. The third-order valence-corrected chi connectivity index (χ3v) is 7.49. The van der Waals surface area contributed by atoms with Crippen LogP contribution in [0.2, 0.25) is 0 Å². The second-order valence-electron chi connectivity index (χ2n) is 11.6. The van der Waals surface area contributed by atoms with Crippen LogP contribution in [0.15, 0.2) is 10.6 Å². The minimum atomic E-state index is -0.506. The number of aryl methyl sites for hydroxylation is 1. The molecule has 2 fully saturated rings. The lowest BCUT2D eigenvalue weighted by Crippen LogP contribution is -2.58. The first-order valence-electron chi connectivity index (χ1n) is 13.6. The predicted octanol–water partition coefficient (Wildman–Crippen LogP) is 3.45. The first kappa shape index (κ1) is 27.7. The van der Waals surface area contributed by atoms with Gasteiger partial charge in [-0.1, -0.05) is 39.3 Å². The van der Waals surface area contributed by atoms with E-state index in [1.54, 1.807) is 17.9 Å². The maximum Gasteiger partial charge on any atom is 0.276 e. The summed E-state index contributed by atoms with van der Waals surface area (Å²) in [6.07, 6.45) is 6.05. The third-order valence-electron chi connectivity index (χ3n) is 7.49. The van der Waals surface area contributed by atoms with Crippen molar-refractivity contribution in [3.63, 3.8) is 0 Å². The fraction of sp³-hybridized carbons (Fsp3) is 0.815. The van der Waals surface area contributed by atoms with Crippen LogP contribution in [-0.4, -0.2) is 71.6 Å². The van der Waals surface area contributed by atoms with E-state index in [-0.39, 0.29) is 23.6 Å². The van der Waals surface area contributed by atoms with Crippen LogP contribution in [0, 0.1) is 30.6 Å². The molecule has 4 atom stereocenters. The van der Waals surface area contributed by atoms with Crippen molar-refractivity contribution in [3.05, 3.63) is 17.5 Å². The fourth-order valence-electron chi connectivity index (χ4n) is 5.86. The highest BCUT2D eigenvalue weighted by Gasteiger charge is 2.39. The molecule has 1 aromatic heterocycles. The Kier molecular flexibility index (Phi) is 10.2. The molecular formula is C27H47N5O3. The third kappa shape index (κ3) is 7.78. The topological polar surface area (TPSA) is 105 Å². The molecule has 0 spiro atoms. The predicted molar refractivity (Wildman–Crippen MR) is 138 cm³/mol. The first-order valence-corrected chi connectivity index (χ1v) is 13.6. The number of carbonyl (C=O) groups excluding carboxylic acids is 2. The summed E-state index contributed by atoms with van der Waals surface area (Å²) in [6.45, 7) is 14.6. The zero-order chi connectivity index (χ0) is 25.5. The Labute approximate surface area is 211 Å². The van der Waals surface area contributed by atoms with E-state index in [9.17, 15) is 9.59 Å². The zero-order valence-corrected chi connectivity index (χ0v) is 22.5. The van der Waals surface area contributed by atoms with E-state index in [2.05, 4.69) is 43.1 Å². The molecule has 1 aliphatic heterocycles. The Morgan fingerprint density at radius 1 is 1.14 bits per heavy atom. The van der Waals surface area contributed by atoms with E-state index >= 15 is 0 Å². The molecule has 1 saturated heterocycles. The normalized spacial score (nSPS) is 25.5. The maximum absolute atomic E-state index is 13.6. The van der Waals surface area contributed by atoms with Gasteiger partial charge in [-0.25, -0.2) is 0 Å². The van der Waals surface area contributed by atoms with Crippen molar-refractivity contribution in [2.45, 2.75) is 85.2 Å². The van der Waals surface area contributed by atoms with Gasteiger partial charge >= 0.3 is 0 Å². The number of amides is 2. The van der Waals surface area contributed by atoms with Gasteiger partial charge in [0.25, 0.3) is 5.91 Å². The van der Waals surface area contributed by atoms with Crippen LogP contribution in [0.3, 0.4) is 0 Å². The van der Waals surface area contributed by atoms with Crippen LogP contribution in [0.25, 0.3) is 0 Å². The van der Waals surface area contributed by atoms with Crippen molar-refractivity contribution < 1.29 is 14.1 Å². The minimum absolute atomic E-state index is 0.0489. The second-order valence-corrected chi connectivity index (χ2v) is 11.6. The van der Waals surface area contributed by atoms with Gasteiger partial charge in [-0.05, 0) is 69.2 Å². The Bertz CT molecular complexity index is 813. The van der Waals surface area contributed by atoms with Crippen molar-refractivity contribution in [2.24, 2.45) is 29.4 Å². The minimum Gasteiger partial charge on any atom is -0.361 e. The standard InChI is InChI=1S/C27H47N5O3/c1-18(2)16-31(17-19(3)4)23-9-10-32(27(34)24-11-20(5)35-30-24)25(13-23)26(33)29-15-22-8-6-7-21(12-22)14-28/h11,18-19,21-23,25H,6-10,12-17,28H2,1-5H3,(H,29,33)/t21?,22?,23?,25-/m1/s1. The molecular weight excluding hydrogens is 442 g/mol. The van der Waals surface area contributed by atoms with Gasteiger partial charge in [-0.3, -0.25) is 14.5 Å². The number of carbonyl (C=O) groups is 2. The van der Waals surface area contributed by atoms with Crippen LogP contribution in [0.5, 0.6) is 0 Å². The Balaban J connectivity index is 1.74. The van der Waals surface area contributed by atoms with Crippen molar-refractivity contribution >= 4 is 11.8 Å². The molecule has 3 rings (SSSR count). The van der Waals surface area contributed by atoms with Crippen LogP contribution in [0.1, 0.15) is 82.5 Å². The van der Waals surface area contributed by atoms with E-state index in [1.807, 2.05) is 0 Å². The molecule has 0 radical (unpaired) electrons. The van der Waals surface area contributed by atoms with Gasteiger partial charge in [0, 0.05) is 38.3 Å². The van der Waals surface area contributed by atoms with E-state index in [0.717, 1.165) is 38.9 Å². The quantitative estimate of drug-likeness (QED) is 0.522. The molecule has 0 bridgehead atoms. The van der Waals surface area contributed by atoms with E-state index < -0.39 is 6.04 Å².